The molecule has 2 rings (SSSR count). The summed E-state index contributed by atoms with van der Waals surface area (Å²) < 4.78 is 5.47. The second kappa shape index (κ2) is 3.33. The molecule has 14 heavy (non-hydrogen) atoms. The third-order valence-corrected chi connectivity index (χ3v) is 2.36. The van der Waals surface area contributed by atoms with Crippen LogP contribution in [0.1, 0.15) is 24.2 Å². The van der Waals surface area contributed by atoms with E-state index in [0.717, 1.165) is 0 Å². The summed E-state index contributed by atoms with van der Waals surface area (Å²) in [5, 5.41) is 0. The van der Waals surface area contributed by atoms with Gasteiger partial charge in [0.05, 0.1) is 5.56 Å². The molecule has 0 saturated heterocycles. The SMILES string of the molecule is CC(C)N1COc2ccccc2C1=O. The highest BCUT2D eigenvalue weighted by atomic mass is 16.5. The molecule has 0 unspecified atom stereocenters. The summed E-state index contributed by atoms with van der Waals surface area (Å²) in [4.78, 5) is 13.6. The fourth-order valence-corrected chi connectivity index (χ4v) is 1.51. The zero-order valence-electron chi connectivity index (χ0n) is 8.36. The zero-order chi connectivity index (χ0) is 10.1. The Morgan fingerprint density at radius 3 is 2.79 bits per heavy atom. The van der Waals surface area contributed by atoms with Gasteiger partial charge in [0.2, 0.25) is 0 Å². The van der Waals surface area contributed by atoms with Crippen LogP contribution in [0.3, 0.4) is 0 Å². The molecule has 0 N–H and O–H groups in total. The lowest BCUT2D eigenvalue weighted by atomic mass is 10.1. The van der Waals surface area contributed by atoms with Gasteiger partial charge in [0, 0.05) is 6.04 Å². The number of ether oxygens (including phenoxy) is 1. The largest absolute Gasteiger partial charge is 0.472 e. The molecule has 0 fully saturated rings. The van der Waals surface area contributed by atoms with Crippen molar-refractivity contribution >= 4 is 5.91 Å². The first kappa shape index (κ1) is 9.06. The molecule has 0 aromatic heterocycles. The summed E-state index contributed by atoms with van der Waals surface area (Å²) in [6.45, 7) is 4.32. The van der Waals surface area contributed by atoms with Crippen LogP contribution in [0.4, 0.5) is 0 Å². The molecule has 3 heteroatoms. The minimum atomic E-state index is 0.0573. The topological polar surface area (TPSA) is 29.5 Å². The van der Waals surface area contributed by atoms with Crippen LogP contribution >= 0.6 is 0 Å². The number of rotatable bonds is 1. The first-order chi connectivity index (χ1) is 6.70. The molecule has 0 bridgehead atoms. The number of carbonyl (C=O) groups is 1. The Hall–Kier alpha value is -1.51. The second-order valence-electron chi connectivity index (χ2n) is 3.64. The van der Waals surface area contributed by atoms with Crippen molar-refractivity contribution in [3.63, 3.8) is 0 Å². The fourth-order valence-electron chi connectivity index (χ4n) is 1.51. The highest BCUT2D eigenvalue weighted by Crippen LogP contribution is 2.25. The van der Waals surface area contributed by atoms with Gasteiger partial charge < -0.3 is 9.64 Å². The monoisotopic (exact) mass is 191 g/mol. The van der Waals surface area contributed by atoms with Gasteiger partial charge in [0.15, 0.2) is 6.73 Å². The summed E-state index contributed by atoms with van der Waals surface area (Å²) in [6, 6.07) is 7.52. The maximum atomic E-state index is 11.9. The van der Waals surface area contributed by atoms with Crippen molar-refractivity contribution in [2.24, 2.45) is 0 Å². The van der Waals surface area contributed by atoms with E-state index in [4.69, 9.17) is 4.74 Å². The fraction of sp³-hybridized carbons (Fsp3) is 0.364. The minimum absolute atomic E-state index is 0.0573. The lowest BCUT2D eigenvalue weighted by Crippen LogP contribution is -2.42. The Balaban J connectivity index is 2.37. The Bertz CT molecular complexity index is 360. The van der Waals surface area contributed by atoms with Crippen molar-refractivity contribution in [1.29, 1.82) is 0 Å². The molecule has 0 atom stereocenters. The third kappa shape index (κ3) is 1.35. The highest BCUT2D eigenvalue weighted by Gasteiger charge is 2.26. The molecule has 3 nitrogen and oxygen atoms in total. The van der Waals surface area contributed by atoms with Crippen molar-refractivity contribution in [1.82, 2.24) is 4.90 Å². The summed E-state index contributed by atoms with van der Waals surface area (Å²) in [6.07, 6.45) is 0. The van der Waals surface area contributed by atoms with E-state index in [1.165, 1.54) is 0 Å². The molecule has 0 aliphatic carbocycles. The maximum Gasteiger partial charge on any atom is 0.260 e. The molecule has 1 aromatic rings. The van der Waals surface area contributed by atoms with Crippen molar-refractivity contribution in [2.75, 3.05) is 6.73 Å². The zero-order valence-corrected chi connectivity index (χ0v) is 8.36. The second-order valence-corrected chi connectivity index (χ2v) is 3.64. The van der Waals surface area contributed by atoms with E-state index in [-0.39, 0.29) is 11.9 Å². The number of hydrogen-bond acceptors (Lipinski definition) is 2. The van der Waals surface area contributed by atoms with Crippen LogP contribution in [0.25, 0.3) is 0 Å². The van der Waals surface area contributed by atoms with Gasteiger partial charge in [-0.15, -0.1) is 0 Å². The molecule has 0 saturated carbocycles. The number of para-hydroxylation sites is 1. The van der Waals surface area contributed by atoms with Gasteiger partial charge in [-0.25, -0.2) is 0 Å². The number of benzene rings is 1. The van der Waals surface area contributed by atoms with Crippen molar-refractivity contribution in [3.8, 4) is 5.75 Å². The van der Waals surface area contributed by atoms with E-state index in [1.807, 2.05) is 32.0 Å². The van der Waals surface area contributed by atoms with Crippen LogP contribution in [-0.4, -0.2) is 23.6 Å². The van der Waals surface area contributed by atoms with Gasteiger partial charge in [-0.3, -0.25) is 4.79 Å². The highest BCUT2D eigenvalue weighted by molar-refractivity contribution is 5.97. The van der Waals surface area contributed by atoms with Gasteiger partial charge in [0.25, 0.3) is 5.91 Å². The Labute approximate surface area is 83.3 Å². The number of fused-ring (bicyclic) bond motifs is 1. The van der Waals surface area contributed by atoms with Gasteiger partial charge >= 0.3 is 0 Å². The van der Waals surface area contributed by atoms with E-state index >= 15 is 0 Å². The number of nitrogens with zero attached hydrogens (tertiary/aromatic N) is 1. The van der Waals surface area contributed by atoms with E-state index in [1.54, 1.807) is 11.0 Å². The summed E-state index contributed by atoms with van der Waals surface area (Å²) in [5.41, 5.74) is 0.660. The van der Waals surface area contributed by atoms with Crippen molar-refractivity contribution in [2.45, 2.75) is 19.9 Å². The van der Waals surface area contributed by atoms with Crippen LogP contribution in [0.5, 0.6) is 5.75 Å². The van der Waals surface area contributed by atoms with Gasteiger partial charge in [0.1, 0.15) is 5.75 Å². The molecule has 0 radical (unpaired) electrons. The Morgan fingerprint density at radius 2 is 2.07 bits per heavy atom. The molecule has 0 spiro atoms. The molecule has 1 amide bonds. The molecule has 1 aromatic carbocycles. The quantitative estimate of drug-likeness (QED) is 0.678. The molecular weight excluding hydrogens is 178 g/mol. The number of carbonyl (C=O) groups excluding carboxylic acids is 1. The third-order valence-electron chi connectivity index (χ3n) is 2.36. The maximum absolute atomic E-state index is 11.9. The molecular formula is C11H13NO2. The van der Waals surface area contributed by atoms with Gasteiger partial charge in [-0.1, -0.05) is 12.1 Å². The first-order valence-corrected chi connectivity index (χ1v) is 4.73. The summed E-state index contributed by atoms with van der Waals surface area (Å²) in [7, 11) is 0. The Kier molecular flexibility index (Phi) is 2.15. The van der Waals surface area contributed by atoms with Crippen LogP contribution < -0.4 is 4.74 Å². The van der Waals surface area contributed by atoms with E-state index in [0.29, 0.717) is 18.0 Å². The normalized spacial score (nSPS) is 15.4. The molecule has 74 valence electrons. The predicted octanol–water partition coefficient (Wildman–Crippen LogP) is 1.89. The lowest BCUT2D eigenvalue weighted by Gasteiger charge is -2.31. The van der Waals surface area contributed by atoms with Crippen LogP contribution in [0.15, 0.2) is 24.3 Å². The van der Waals surface area contributed by atoms with Crippen LogP contribution in [0, 0.1) is 0 Å². The molecule has 1 heterocycles. The first-order valence-electron chi connectivity index (χ1n) is 4.73. The van der Waals surface area contributed by atoms with Crippen molar-refractivity contribution < 1.29 is 9.53 Å². The summed E-state index contributed by atoms with van der Waals surface area (Å²) >= 11 is 0. The molecule has 1 aliphatic heterocycles. The van der Waals surface area contributed by atoms with E-state index in [2.05, 4.69) is 0 Å². The van der Waals surface area contributed by atoms with Gasteiger partial charge in [-0.05, 0) is 26.0 Å². The molecule has 1 aliphatic rings. The predicted molar refractivity (Wildman–Crippen MR) is 53.2 cm³/mol. The smallest absolute Gasteiger partial charge is 0.260 e. The minimum Gasteiger partial charge on any atom is -0.472 e. The Morgan fingerprint density at radius 1 is 1.36 bits per heavy atom. The van der Waals surface area contributed by atoms with Crippen LogP contribution in [-0.2, 0) is 0 Å². The summed E-state index contributed by atoms with van der Waals surface area (Å²) in [5.74, 6) is 0.747. The van der Waals surface area contributed by atoms with Crippen LogP contribution in [0.2, 0.25) is 0 Å². The average Bonchev–Trinajstić information content (AvgIpc) is 2.18. The number of amides is 1. The lowest BCUT2D eigenvalue weighted by molar-refractivity contribution is 0.0432. The standard InChI is InChI=1S/C11H13NO2/c1-8(2)12-7-14-10-6-4-3-5-9(10)11(12)13/h3-6,8H,7H2,1-2H3. The average molecular weight is 191 g/mol. The van der Waals surface area contributed by atoms with Gasteiger partial charge in [-0.2, -0.15) is 0 Å². The van der Waals surface area contributed by atoms with E-state index in [9.17, 15) is 4.79 Å². The van der Waals surface area contributed by atoms with E-state index < -0.39 is 0 Å². The number of hydrogen-bond donors (Lipinski definition) is 0. The van der Waals surface area contributed by atoms with Crippen molar-refractivity contribution in [3.05, 3.63) is 29.8 Å².